The van der Waals surface area contributed by atoms with Crippen LogP contribution in [0.5, 0.6) is 0 Å². The van der Waals surface area contributed by atoms with Gasteiger partial charge >= 0.3 is 0 Å². The van der Waals surface area contributed by atoms with Crippen LogP contribution in [0.25, 0.3) is 0 Å². The molecule has 4 heteroatoms. The molecular weight excluding hydrogens is 196 g/mol. The number of carbonyl (C=O) groups is 1. The number of hydrogen-bond acceptors (Lipinski definition) is 4. The van der Waals surface area contributed by atoms with Gasteiger partial charge in [-0.3, -0.25) is 4.79 Å². The molecule has 1 unspecified atom stereocenters. The Morgan fingerprint density at radius 1 is 1.71 bits per heavy atom. The molecule has 1 aromatic rings. The molecule has 3 nitrogen and oxygen atoms in total. The summed E-state index contributed by atoms with van der Waals surface area (Å²) in [5, 5.41) is 2.39. The van der Waals surface area contributed by atoms with Gasteiger partial charge in [-0.2, -0.15) is 0 Å². The molecule has 0 radical (unpaired) electrons. The van der Waals surface area contributed by atoms with Gasteiger partial charge in [-0.1, -0.05) is 20.3 Å². The second kappa shape index (κ2) is 5.10. The molecule has 0 aliphatic heterocycles. The van der Waals surface area contributed by atoms with Gasteiger partial charge in [0, 0.05) is 18.2 Å². The van der Waals surface area contributed by atoms with E-state index in [0.29, 0.717) is 23.9 Å². The van der Waals surface area contributed by atoms with Crippen molar-refractivity contribution in [1.29, 1.82) is 0 Å². The van der Waals surface area contributed by atoms with E-state index < -0.39 is 0 Å². The largest absolute Gasteiger partial charge is 0.375 e. The first-order valence-electron chi connectivity index (χ1n) is 4.83. The van der Waals surface area contributed by atoms with Gasteiger partial charge in [0.2, 0.25) is 0 Å². The summed E-state index contributed by atoms with van der Waals surface area (Å²) >= 11 is 1.39. The van der Waals surface area contributed by atoms with E-state index in [1.807, 2.05) is 5.38 Å². The summed E-state index contributed by atoms with van der Waals surface area (Å²) < 4.78 is 0. The number of Topliss-reactive ketones (excluding diaryl/α,β-unsaturated/α-hetero) is 1. The van der Waals surface area contributed by atoms with Crippen molar-refractivity contribution in [2.24, 2.45) is 5.92 Å². The van der Waals surface area contributed by atoms with Crippen LogP contribution < -0.4 is 5.73 Å². The topological polar surface area (TPSA) is 56.0 Å². The van der Waals surface area contributed by atoms with E-state index in [-0.39, 0.29) is 5.78 Å². The molecule has 0 amide bonds. The number of nitrogens with zero attached hydrogens (tertiary/aromatic N) is 1. The summed E-state index contributed by atoms with van der Waals surface area (Å²) in [4.78, 5) is 15.6. The molecule has 2 N–H and O–H groups in total. The third-order valence-corrected chi connectivity index (χ3v) is 2.94. The molecule has 78 valence electrons. The first kappa shape index (κ1) is 11.2. The molecule has 0 bridgehead atoms. The predicted molar refractivity (Wildman–Crippen MR) is 59.3 cm³/mol. The summed E-state index contributed by atoms with van der Waals surface area (Å²) in [5.74, 6) is 0.725. The molecule has 0 spiro atoms. The number of rotatable bonds is 5. The fraction of sp³-hybridized carbons (Fsp3) is 0.600. The zero-order valence-electron chi connectivity index (χ0n) is 8.62. The average Bonchev–Trinajstić information content (AvgIpc) is 2.50. The Bertz CT molecular complexity index is 309. The molecule has 0 aromatic carbocycles. The summed E-state index contributed by atoms with van der Waals surface area (Å²) in [6.07, 6.45) is 2.12. The Kier molecular flexibility index (Phi) is 4.07. The van der Waals surface area contributed by atoms with Crippen LogP contribution in [0, 0.1) is 5.92 Å². The van der Waals surface area contributed by atoms with E-state index in [9.17, 15) is 4.79 Å². The predicted octanol–water partition coefficient (Wildman–Crippen LogP) is 2.27. The Labute approximate surface area is 88.3 Å². The average molecular weight is 212 g/mol. The second-order valence-electron chi connectivity index (χ2n) is 3.61. The van der Waals surface area contributed by atoms with Crippen LogP contribution in [0.15, 0.2) is 5.38 Å². The number of carbonyl (C=O) groups excluding carboxylic acids is 1. The number of hydrogen-bond donors (Lipinski definition) is 1. The van der Waals surface area contributed by atoms with Crippen molar-refractivity contribution >= 4 is 22.3 Å². The van der Waals surface area contributed by atoms with E-state index in [1.54, 1.807) is 0 Å². The number of anilines is 1. The van der Waals surface area contributed by atoms with Crippen LogP contribution in [-0.2, 0) is 11.2 Å². The first-order chi connectivity index (χ1) is 6.61. The van der Waals surface area contributed by atoms with Gasteiger partial charge in [-0.15, -0.1) is 11.3 Å². The Balaban J connectivity index is 2.41. The van der Waals surface area contributed by atoms with Crippen molar-refractivity contribution in [2.75, 3.05) is 5.73 Å². The highest BCUT2D eigenvalue weighted by molar-refractivity contribution is 7.13. The van der Waals surface area contributed by atoms with Crippen molar-refractivity contribution in [3.8, 4) is 0 Å². The lowest BCUT2D eigenvalue weighted by Gasteiger charge is -2.05. The molecule has 0 aliphatic carbocycles. The minimum Gasteiger partial charge on any atom is -0.375 e. The van der Waals surface area contributed by atoms with Crippen LogP contribution in [0.4, 0.5) is 5.13 Å². The van der Waals surface area contributed by atoms with Crippen LogP contribution in [-0.4, -0.2) is 10.8 Å². The van der Waals surface area contributed by atoms with E-state index in [2.05, 4.69) is 18.8 Å². The SMILES string of the molecule is CCC(C)CC(=O)Cc1csc(N)n1. The number of nitrogen functional groups attached to an aromatic ring is 1. The maximum Gasteiger partial charge on any atom is 0.180 e. The fourth-order valence-corrected chi connectivity index (χ4v) is 1.77. The molecule has 0 saturated carbocycles. The van der Waals surface area contributed by atoms with Crippen LogP contribution in [0.1, 0.15) is 32.4 Å². The molecule has 1 rings (SSSR count). The van der Waals surface area contributed by atoms with E-state index >= 15 is 0 Å². The van der Waals surface area contributed by atoms with Gasteiger partial charge in [-0.25, -0.2) is 4.98 Å². The van der Waals surface area contributed by atoms with Crippen molar-refractivity contribution in [2.45, 2.75) is 33.1 Å². The van der Waals surface area contributed by atoms with E-state index in [4.69, 9.17) is 5.73 Å². The van der Waals surface area contributed by atoms with Gasteiger partial charge in [0.25, 0.3) is 0 Å². The Morgan fingerprint density at radius 2 is 2.43 bits per heavy atom. The first-order valence-corrected chi connectivity index (χ1v) is 5.71. The molecule has 1 heterocycles. The van der Waals surface area contributed by atoms with Crippen molar-refractivity contribution in [3.05, 3.63) is 11.1 Å². The third-order valence-electron chi connectivity index (χ3n) is 2.22. The van der Waals surface area contributed by atoms with Gasteiger partial charge in [0.1, 0.15) is 5.78 Å². The Hall–Kier alpha value is -0.900. The van der Waals surface area contributed by atoms with Gasteiger partial charge in [0.15, 0.2) is 5.13 Å². The van der Waals surface area contributed by atoms with Crippen molar-refractivity contribution in [1.82, 2.24) is 4.98 Å². The quantitative estimate of drug-likeness (QED) is 0.814. The van der Waals surface area contributed by atoms with Crippen LogP contribution in [0.3, 0.4) is 0 Å². The standard InChI is InChI=1S/C10H16N2OS/c1-3-7(2)4-9(13)5-8-6-14-10(11)12-8/h6-7H,3-5H2,1-2H3,(H2,11,12). The summed E-state index contributed by atoms with van der Waals surface area (Å²) in [5.41, 5.74) is 6.28. The normalized spacial score (nSPS) is 12.7. The van der Waals surface area contributed by atoms with Crippen LogP contribution >= 0.6 is 11.3 Å². The minimum absolute atomic E-state index is 0.254. The highest BCUT2D eigenvalue weighted by Crippen LogP contribution is 2.14. The maximum atomic E-state index is 11.5. The van der Waals surface area contributed by atoms with E-state index in [1.165, 1.54) is 11.3 Å². The molecule has 0 saturated heterocycles. The third kappa shape index (κ3) is 3.46. The zero-order chi connectivity index (χ0) is 10.6. The minimum atomic E-state index is 0.254. The highest BCUT2D eigenvalue weighted by Gasteiger charge is 2.09. The summed E-state index contributed by atoms with van der Waals surface area (Å²) in [6, 6.07) is 0. The number of nitrogens with two attached hydrogens (primary N) is 1. The molecule has 1 aromatic heterocycles. The lowest BCUT2D eigenvalue weighted by molar-refractivity contribution is -0.119. The molecule has 0 fully saturated rings. The molecule has 14 heavy (non-hydrogen) atoms. The fourth-order valence-electron chi connectivity index (χ4n) is 1.21. The molecule has 0 aliphatic rings. The lowest BCUT2D eigenvalue weighted by atomic mass is 10.00. The Morgan fingerprint density at radius 3 is 2.93 bits per heavy atom. The molecular formula is C10H16N2OS. The second-order valence-corrected chi connectivity index (χ2v) is 4.50. The monoisotopic (exact) mass is 212 g/mol. The summed E-state index contributed by atoms with van der Waals surface area (Å²) in [6.45, 7) is 4.19. The number of aromatic nitrogens is 1. The van der Waals surface area contributed by atoms with Gasteiger partial charge < -0.3 is 5.73 Å². The van der Waals surface area contributed by atoms with Crippen molar-refractivity contribution in [3.63, 3.8) is 0 Å². The van der Waals surface area contributed by atoms with Gasteiger partial charge in [0.05, 0.1) is 5.69 Å². The van der Waals surface area contributed by atoms with Crippen molar-refractivity contribution < 1.29 is 4.79 Å². The smallest absolute Gasteiger partial charge is 0.180 e. The van der Waals surface area contributed by atoms with Gasteiger partial charge in [-0.05, 0) is 5.92 Å². The zero-order valence-corrected chi connectivity index (χ0v) is 9.43. The maximum absolute atomic E-state index is 11.5. The lowest BCUT2D eigenvalue weighted by Crippen LogP contribution is -2.08. The number of thiazole rings is 1. The summed E-state index contributed by atoms with van der Waals surface area (Å²) in [7, 11) is 0. The van der Waals surface area contributed by atoms with E-state index in [0.717, 1.165) is 12.1 Å². The van der Waals surface area contributed by atoms with Crippen LogP contribution in [0.2, 0.25) is 0 Å². The molecule has 1 atom stereocenters. The highest BCUT2D eigenvalue weighted by atomic mass is 32.1. The number of ketones is 1.